The highest BCUT2D eigenvalue weighted by molar-refractivity contribution is 9.10. The number of aromatic nitrogens is 1. The monoisotopic (exact) mass is 668 g/mol. The van der Waals surface area contributed by atoms with Gasteiger partial charge in [0.05, 0.1) is 23.2 Å². The average Bonchev–Trinajstić information content (AvgIpc) is 2.99. The fourth-order valence-electron chi connectivity index (χ4n) is 4.39. The first kappa shape index (κ1) is 33.4. The number of carbonyl (C=O) groups excluding carboxylic acids is 3. The fourth-order valence-corrected chi connectivity index (χ4v) is 4.90. The van der Waals surface area contributed by atoms with E-state index < -0.39 is 12.2 Å². The number of nitrogens with zero attached hydrogens (tertiary/aromatic N) is 3. The summed E-state index contributed by atoms with van der Waals surface area (Å²) in [5, 5.41) is 4.66. The molecule has 3 amide bonds. The number of para-hydroxylation sites is 1. The Morgan fingerprint density at radius 3 is 2.35 bits per heavy atom. The number of amides is 3. The zero-order valence-corrected chi connectivity index (χ0v) is 26.4. The van der Waals surface area contributed by atoms with Crippen molar-refractivity contribution in [3.63, 3.8) is 0 Å². The second-order valence-corrected chi connectivity index (χ2v) is 10.5. The molecule has 226 valence electrons. The van der Waals surface area contributed by atoms with Crippen LogP contribution in [0.15, 0.2) is 95.7 Å². The summed E-state index contributed by atoms with van der Waals surface area (Å²) in [5.74, 6) is -0.206. The second kappa shape index (κ2) is 16.5. The third-order valence-corrected chi connectivity index (χ3v) is 6.90. The van der Waals surface area contributed by atoms with Crippen molar-refractivity contribution in [2.24, 2.45) is 0 Å². The number of nitrogens with one attached hydrogen (secondary N) is 1. The first-order valence-corrected chi connectivity index (χ1v) is 14.5. The average molecular weight is 670 g/mol. The molecule has 0 aliphatic rings. The number of rotatable bonds is 11. The molecule has 4 rings (SSSR count). The number of pyridine rings is 1. The minimum absolute atomic E-state index is 0. The third-order valence-electron chi connectivity index (χ3n) is 6.47. The molecule has 11 heteroatoms. The number of fused-ring (bicyclic) bond motifs is 1. The number of benzene rings is 3. The number of hydrogen-bond donors (Lipinski definition) is 1. The van der Waals surface area contributed by atoms with Gasteiger partial charge in [0.2, 0.25) is 0 Å². The number of hydrogen-bond acceptors (Lipinski definition) is 5. The van der Waals surface area contributed by atoms with E-state index in [2.05, 4.69) is 28.2 Å². The first-order valence-electron chi connectivity index (χ1n) is 13.7. The Morgan fingerprint density at radius 1 is 0.884 bits per heavy atom. The molecule has 0 fully saturated rings. The van der Waals surface area contributed by atoms with Crippen molar-refractivity contribution in [2.75, 3.05) is 43.6 Å². The van der Waals surface area contributed by atoms with Crippen LogP contribution in [0, 0.1) is 0 Å². The molecule has 0 saturated heterocycles. The Morgan fingerprint density at radius 2 is 1.58 bits per heavy atom. The molecule has 0 aliphatic carbocycles. The standard InChI is InChI=1S/C32H33BrN4O5.ClH/c1-3-16-36-22-25(21-26(33)23-36)30(38)37(27-12-5-4-6-13-27)18-20-42-32(40)35(2)17-19-41-31(39)34-29-15-9-11-24-10-7-8-14-28(24)29;/h4-15,21-23H,3,16-20H2,1-2H3;1H. The summed E-state index contributed by atoms with van der Waals surface area (Å²) >= 11 is 3.50. The van der Waals surface area contributed by atoms with Crippen LogP contribution >= 0.6 is 15.9 Å². The molecule has 0 aliphatic heterocycles. The van der Waals surface area contributed by atoms with Gasteiger partial charge >= 0.3 is 12.2 Å². The van der Waals surface area contributed by atoms with Gasteiger partial charge in [-0.2, -0.15) is 0 Å². The van der Waals surface area contributed by atoms with Gasteiger partial charge in [0, 0.05) is 24.5 Å². The maximum Gasteiger partial charge on any atom is 0.411 e. The summed E-state index contributed by atoms with van der Waals surface area (Å²) < 4.78 is 13.5. The van der Waals surface area contributed by atoms with E-state index in [1.165, 1.54) is 4.90 Å². The highest BCUT2D eigenvalue weighted by Crippen LogP contribution is 2.23. The van der Waals surface area contributed by atoms with Crippen molar-refractivity contribution in [1.29, 1.82) is 0 Å². The van der Waals surface area contributed by atoms with Crippen LogP contribution in [0.3, 0.4) is 0 Å². The molecule has 0 unspecified atom stereocenters. The van der Waals surface area contributed by atoms with Crippen LogP contribution in [-0.2, 0) is 16.0 Å². The third kappa shape index (κ3) is 9.42. The summed E-state index contributed by atoms with van der Waals surface area (Å²) in [7, 11) is 1.56. The van der Waals surface area contributed by atoms with Gasteiger partial charge in [0.25, 0.3) is 5.91 Å². The Labute approximate surface area is 265 Å². The van der Waals surface area contributed by atoms with Crippen molar-refractivity contribution >= 4 is 56.2 Å². The predicted molar refractivity (Wildman–Crippen MR) is 166 cm³/mol. The Hall–Kier alpha value is -4.15. The molecule has 9 nitrogen and oxygen atoms in total. The van der Waals surface area contributed by atoms with Crippen molar-refractivity contribution in [1.82, 2.24) is 4.90 Å². The molecule has 4 aromatic rings. The Balaban J connectivity index is 0.00000506. The van der Waals surface area contributed by atoms with E-state index in [1.54, 1.807) is 24.1 Å². The predicted octanol–water partition coefficient (Wildman–Crippen LogP) is 3.27. The van der Waals surface area contributed by atoms with Gasteiger partial charge in [0.1, 0.15) is 25.3 Å². The van der Waals surface area contributed by atoms with Crippen molar-refractivity contribution in [3.05, 3.63) is 101 Å². The molecule has 1 N–H and O–H groups in total. The molecule has 3 aromatic carbocycles. The molecule has 0 saturated carbocycles. The van der Waals surface area contributed by atoms with Crippen LogP contribution in [-0.4, -0.2) is 56.3 Å². The van der Waals surface area contributed by atoms with Crippen molar-refractivity contribution < 1.29 is 40.8 Å². The van der Waals surface area contributed by atoms with Crippen LogP contribution in [0.4, 0.5) is 21.0 Å². The SMILES string of the molecule is CCC[n+]1cc(Br)cc(C(=O)N(CCOC(=O)N(C)CCOC(=O)Nc2cccc3ccccc23)c2ccccc2)c1.[Cl-]. The van der Waals surface area contributed by atoms with E-state index in [0.29, 0.717) is 16.9 Å². The van der Waals surface area contributed by atoms with Gasteiger partial charge in [-0.25, -0.2) is 14.2 Å². The zero-order valence-electron chi connectivity index (χ0n) is 24.0. The smallest absolute Gasteiger partial charge is 0.411 e. The maximum atomic E-state index is 13.6. The van der Waals surface area contributed by atoms with Crippen LogP contribution in [0.25, 0.3) is 10.8 Å². The van der Waals surface area contributed by atoms with E-state index in [0.717, 1.165) is 28.2 Å². The lowest BCUT2D eigenvalue weighted by Crippen LogP contribution is -3.00. The minimum Gasteiger partial charge on any atom is -1.00 e. The minimum atomic E-state index is -0.613. The Bertz CT molecular complexity index is 1530. The lowest BCUT2D eigenvalue weighted by molar-refractivity contribution is -0.697. The fraction of sp³-hybridized carbons (Fsp3) is 0.250. The number of aryl methyl sites for hydroxylation is 1. The molecule has 0 atom stereocenters. The van der Waals surface area contributed by atoms with Crippen LogP contribution < -0.4 is 27.2 Å². The van der Waals surface area contributed by atoms with E-state index in [-0.39, 0.29) is 44.6 Å². The number of anilines is 2. The largest absolute Gasteiger partial charge is 1.00 e. The van der Waals surface area contributed by atoms with Crippen LogP contribution in [0.5, 0.6) is 0 Å². The van der Waals surface area contributed by atoms with Gasteiger partial charge in [0.15, 0.2) is 12.4 Å². The van der Waals surface area contributed by atoms with Gasteiger partial charge in [-0.05, 0) is 45.6 Å². The summed E-state index contributed by atoms with van der Waals surface area (Å²) in [5.41, 5.74) is 1.86. The highest BCUT2D eigenvalue weighted by Gasteiger charge is 2.22. The molecule has 1 heterocycles. The van der Waals surface area contributed by atoms with E-state index >= 15 is 0 Å². The maximum absolute atomic E-state index is 13.6. The zero-order chi connectivity index (χ0) is 29.9. The van der Waals surface area contributed by atoms with Crippen molar-refractivity contribution in [2.45, 2.75) is 19.9 Å². The second-order valence-electron chi connectivity index (χ2n) is 9.60. The van der Waals surface area contributed by atoms with Crippen molar-refractivity contribution in [3.8, 4) is 0 Å². The lowest BCUT2D eigenvalue weighted by Gasteiger charge is -2.23. The summed E-state index contributed by atoms with van der Waals surface area (Å²) in [6, 6.07) is 24.4. The highest BCUT2D eigenvalue weighted by atomic mass is 79.9. The number of halogens is 2. The lowest BCUT2D eigenvalue weighted by atomic mass is 10.1. The van der Waals surface area contributed by atoms with E-state index in [1.807, 2.05) is 83.7 Å². The van der Waals surface area contributed by atoms with Crippen LogP contribution in [0.1, 0.15) is 23.7 Å². The molecular weight excluding hydrogens is 636 g/mol. The Kier molecular flexibility index (Phi) is 12.8. The first-order chi connectivity index (χ1) is 20.4. The molecule has 1 aromatic heterocycles. The molecule has 0 bridgehead atoms. The number of likely N-dealkylation sites (N-methyl/N-ethyl adjacent to an activating group) is 1. The molecule has 0 spiro atoms. The van der Waals surface area contributed by atoms with E-state index in [9.17, 15) is 14.4 Å². The quantitative estimate of drug-likeness (QED) is 0.248. The molecular formula is C32H34BrClN4O5. The van der Waals surface area contributed by atoms with Gasteiger partial charge in [-0.3, -0.25) is 10.1 Å². The van der Waals surface area contributed by atoms with Gasteiger partial charge in [-0.15, -0.1) is 0 Å². The summed E-state index contributed by atoms with van der Waals surface area (Å²) in [4.78, 5) is 41.4. The number of ether oxygens (including phenoxy) is 2. The number of carbonyl (C=O) groups is 3. The van der Waals surface area contributed by atoms with Crippen LogP contribution in [0.2, 0.25) is 0 Å². The van der Waals surface area contributed by atoms with Gasteiger partial charge < -0.3 is 31.7 Å². The summed E-state index contributed by atoms with van der Waals surface area (Å²) in [6.45, 7) is 3.12. The summed E-state index contributed by atoms with van der Waals surface area (Å²) in [6.07, 6.45) is 3.49. The van der Waals surface area contributed by atoms with Gasteiger partial charge in [-0.1, -0.05) is 61.5 Å². The normalized spacial score (nSPS) is 10.4. The topological polar surface area (TPSA) is 92.1 Å². The molecule has 0 radical (unpaired) electrons. The molecule has 43 heavy (non-hydrogen) atoms. The van der Waals surface area contributed by atoms with E-state index in [4.69, 9.17) is 9.47 Å².